The highest BCUT2D eigenvalue weighted by atomic mass is 16.5. The molecule has 0 aromatic heterocycles. The van der Waals surface area contributed by atoms with E-state index in [9.17, 15) is 0 Å². The monoisotopic (exact) mass is 183 g/mol. The quantitative estimate of drug-likeness (QED) is 0.671. The van der Waals surface area contributed by atoms with Gasteiger partial charge in [0.05, 0.1) is 11.7 Å². The van der Waals surface area contributed by atoms with Gasteiger partial charge in [-0.3, -0.25) is 0 Å². The topological polar surface area (TPSA) is 21.3 Å². The van der Waals surface area contributed by atoms with Gasteiger partial charge in [-0.1, -0.05) is 6.42 Å². The van der Waals surface area contributed by atoms with Crippen LogP contribution in [0.4, 0.5) is 0 Å². The summed E-state index contributed by atoms with van der Waals surface area (Å²) >= 11 is 0. The van der Waals surface area contributed by atoms with Crippen LogP contribution < -0.4 is 5.32 Å². The van der Waals surface area contributed by atoms with Gasteiger partial charge in [0.15, 0.2) is 0 Å². The van der Waals surface area contributed by atoms with Gasteiger partial charge in [0.25, 0.3) is 0 Å². The lowest BCUT2D eigenvalue weighted by atomic mass is 9.72. The number of hydrogen-bond acceptors (Lipinski definition) is 2. The van der Waals surface area contributed by atoms with Crippen LogP contribution in [0.1, 0.15) is 40.0 Å². The van der Waals surface area contributed by atoms with E-state index in [1.165, 1.54) is 19.3 Å². The summed E-state index contributed by atoms with van der Waals surface area (Å²) in [6, 6.07) is 0.508. The first-order valence-corrected chi connectivity index (χ1v) is 5.53. The van der Waals surface area contributed by atoms with Crippen LogP contribution in [0, 0.1) is 5.92 Å². The molecule has 2 aliphatic rings. The van der Waals surface area contributed by atoms with Crippen LogP contribution in [0.25, 0.3) is 0 Å². The van der Waals surface area contributed by atoms with Gasteiger partial charge < -0.3 is 10.1 Å². The minimum atomic E-state index is 0.115. The predicted molar refractivity (Wildman–Crippen MR) is 53.8 cm³/mol. The smallest absolute Gasteiger partial charge is 0.0810 e. The molecular formula is C11H21NO. The van der Waals surface area contributed by atoms with Crippen molar-refractivity contribution >= 4 is 0 Å². The van der Waals surface area contributed by atoms with Gasteiger partial charge in [-0.15, -0.1) is 0 Å². The number of nitrogens with one attached hydrogen (secondary N) is 1. The van der Waals surface area contributed by atoms with Crippen LogP contribution in [0.5, 0.6) is 0 Å². The molecule has 1 N–H and O–H groups in total. The zero-order valence-corrected chi connectivity index (χ0v) is 8.97. The first-order valence-electron chi connectivity index (χ1n) is 5.53. The van der Waals surface area contributed by atoms with E-state index >= 15 is 0 Å². The van der Waals surface area contributed by atoms with Crippen molar-refractivity contribution in [2.45, 2.75) is 57.8 Å². The van der Waals surface area contributed by atoms with Gasteiger partial charge in [-0.25, -0.2) is 0 Å². The number of hydrogen-bond donors (Lipinski definition) is 1. The SMILES string of the molecule is CC1NCC(C)(C2CCC2)OC1C. The van der Waals surface area contributed by atoms with E-state index < -0.39 is 0 Å². The second-order valence-corrected chi connectivity index (χ2v) is 4.93. The molecule has 3 atom stereocenters. The van der Waals surface area contributed by atoms with Crippen LogP contribution in [-0.2, 0) is 4.74 Å². The minimum Gasteiger partial charge on any atom is -0.369 e. The Kier molecular flexibility index (Phi) is 2.37. The standard InChI is InChI=1S/C11H21NO/c1-8-9(2)13-11(3,7-12-8)10-5-4-6-10/h8-10,12H,4-7H2,1-3H3. The largest absolute Gasteiger partial charge is 0.369 e. The summed E-state index contributed by atoms with van der Waals surface area (Å²) in [4.78, 5) is 0. The van der Waals surface area contributed by atoms with Crippen molar-refractivity contribution in [3.8, 4) is 0 Å². The van der Waals surface area contributed by atoms with Gasteiger partial charge >= 0.3 is 0 Å². The molecule has 0 aromatic carbocycles. The van der Waals surface area contributed by atoms with Crippen LogP contribution in [0.3, 0.4) is 0 Å². The molecular weight excluding hydrogens is 162 g/mol. The maximum atomic E-state index is 6.13. The Morgan fingerprint density at radius 3 is 2.46 bits per heavy atom. The highest BCUT2D eigenvalue weighted by Gasteiger charge is 2.43. The average Bonchev–Trinajstić information content (AvgIpc) is 1.94. The molecule has 0 bridgehead atoms. The third-order valence-corrected chi connectivity index (χ3v) is 3.90. The normalized spacial score (nSPS) is 47.3. The first kappa shape index (κ1) is 9.47. The summed E-state index contributed by atoms with van der Waals surface area (Å²) in [6.07, 6.45) is 4.48. The van der Waals surface area contributed by atoms with Crippen LogP contribution in [-0.4, -0.2) is 24.3 Å². The summed E-state index contributed by atoms with van der Waals surface area (Å²) in [7, 11) is 0. The molecule has 1 aliphatic carbocycles. The Morgan fingerprint density at radius 1 is 1.31 bits per heavy atom. The molecule has 3 unspecified atom stereocenters. The van der Waals surface area contributed by atoms with Gasteiger partial charge in [0, 0.05) is 12.6 Å². The molecule has 2 nitrogen and oxygen atoms in total. The highest BCUT2D eigenvalue weighted by molar-refractivity contribution is 4.95. The van der Waals surface area contributed by atoms with E-state index in [0.717, 1.165) is 12.5 Å². The lowest BCUT2D eigenvalue weighted by Crippen LogP contribution is -2.60. The fraction of sp³-hybridized carbons (Fsp3) is 1.00. The predicted octanol–water partition coefficient (Wildman–Crippen LogP) is 1.94. The van der Waals surface area contributed by atoms with Crippen LogP contribution in [0.2, 0.25) is 0 Å². The van der Waals surface area contributed by atoms with Crippen LogP contribution >= 0.6 is 0 Å². The summed E-state index contributed by atoms with van der Waals surface area (Å²) in [5.41, 5.74) is 0.115. The van der Waals surface area contributed by atoms with Gasteiger partial charge in [-0.2, -0.15) is 0 Å². The molecule has 76 valence electrons. The summed E-state index contributed by atoms with van der Waals surface area (Å²) < 4.78 is 6.13. The first-order chi connectivity index (χ1) is 6.12. The van der Waals surface area contributed by atoms with Gasteiger partial charge in [0.1, 0.15) is 0 Å². The van der Waals surface area contributed by atoms with Crippen molar-refractivity contribution < 1.29 is 4.74 Å². The third-order valence-electron chi connectivity index (χ3n) is 3.90. The van der Waals surface area contributed by atoms with Crippen molar-refractivity contribution in [1.29, 1.82) is 0 Å². The van der Waals surface area contributed by atoms with E-state index in [1.807, 2.05) is 0 Å². The highest BCUT2D eigenvalue weighted by Crippen LogP contribution is 2.40. The van der Waals surface area contributed by atoms with E-state index in [-0.39, 0.29) is 5.60 Å². The second-order valence-electron chi connectivity index (χ2n) is 4.93. The summed E-state index contributed by atoms with van der Waals surface area (Å²) in [6.45, 7) is 7.67. The fourth-order valence-corrected chi connectivity index (χ4v) is 2.36. The number of ether oxygens (including phenoxy) is 1. The molecule has 1 aliphatic heterocycles. The lowest BCUT2D eigenvalue weighted by Gasteiger charge is -2.49. The molecule has 1 heterocycles. The Hall–Kier alpha value is -0.0800. The average molecular weight is 183 g/mol. The second kappa shape index (κ2) is 3.25. The zero-order valence-electron chi connectivity index (χ0n) is 8.97. The molecule has 13 heavy (non-hydrogen) atoms. The van der Waals surface area contributed by atoms with Crippen molar-refractivity contribution in [2.24, 2.45) is 5.92 Å². The molecule has 0 radical (unpaired) electrons. The number of rotatable bonds is 1. The fourth-order valence-electron chi connectivity index (χ4n) is 2.36. The molecule has 1 saturated heterocycles. The molecule has 2 rings (SSSR count). The summed E-state index contributed by atoms with van der Waals surface area (Å²) in [5.74, 6) is 0.801. The van der Waals surface area contributed by atoms with Gasteiger partial charge in [-0.05, 0) is 39.5 Å². The van der Waals surface area contributed by atoms with Crippen molar-refractivity contribution in [3.05, 3.63) is 0 Å². The molecule has 0 aromatic rings. The maximum absolute atomic E-state index is 6.13. The van der Waals surface area contributed by atoms with Crippen molar-refractivity contribution in [1.82, 2.24) is 5.32 Å². The van der Waals surface area contributed by atoms with E-state index in [1.54, 1.807) is 0 Å². The molecule has 1 saturated carbocycles. The zero-order chi connectivity index (χ0) is 9.47. The Morgan fingerprint density at radius 2 is 2.00 bits per heavy atom. The van der Waals surface area contributed by atoms with E-state index in [2.05, 4.69) is 26.1 Å². The van der Waals surface area contributed by atoms with Crippen molar-refractivity contribution in [3.63, 3.8) is 0 Å². The molecule has 2 heteroatoms. The minimum absolute atomic E-state index is 0.115. The Balaban J connectivity index is 1.99. The Bertz CT molecular complexity index is 191. The molecule has 0 amide bonds. The summed E-state index contributed by atoms with van der Waals surface area (Å²) in [5, 5.41) is 3.55. The Labute approximate surface area is 81.0 Å². The van der Waals surface area contributed by atoms with E-state index in [4.69, 9.17) is 4.74 Å². The van der Waals surface area contributed by atoms with Gasteiger partial charge in [0.2, 0.25) is 0 Å². The molecule has 0 spiro atoms. The maximum Gasteiger partial charge on any atom is 0.0810 e. The lowest BCUT2D eigenvalue weighted by molar-refractivity contribution is -0.159. The van der Waals surface area contributed by atoms with Crippen molar-refractivity contribution in [2.75, 3.05) is 6.54 Å². The third kappa shape index (κ3) is 1.62. The number of morpholine rings is 1. The van der Waals surface area contributed by atoms with E-state index in [0.29, 0.717) is 12.1 Å². The molecule has 2 fully saturated rings. The van der Waals surface area contributed by atoms with Crippen LogP contribution in [0.15, 0.2) is 0 Å².